The minimum absolute atomic E-state index is 0.275. The third-order valence-electron chi connectivity index (χ3n) is 3.31. The van der Waals surface area contributed by atoms with Crippen molar-refractivity contribution in [3.63, 3.8) is 0 Å². The predicted octanol–water partition coefficient (Wildman–Crippen LogP) is 3.00. The summed E-state index contributed by atoms with van der Waals surface area (Å²) < 4.78 is 6.49. The van der Waals surface area contributed by atoms with Gasteiger partial charge in [0.15, 0.2) is 0 Å². The van der Waals surface area contributed by atoms with Crippen molar-refractivity contribution in [3.8, 4) is 5.75 Å². The van der Waals surface area contributed by atoms with Crippen molar-refractivity contribution in [2.75, 3.05) is 6.61 Å². The van der Waals surface area contributed by atoms with Crippen molar-refractivity contribution in [1.29, 1.82) is 0 Å². The maximum absolute atomic E-state index is 11.8. The van der Waals surface area contributed by atoms with Gasteiger partial charge in [-0.15, -0.1) is 0 Å². The van der Waals surface area contributed by atoms with Crippen molar-refractivity contribution in [3.05, 3.63) is 64.1 Å². The fraction of sp³-hybridized carbons (Fsp3) is 0.211. The van der Waals surface area contributed by atoms with E-state index in [1.54, 1.807) is 0 Å². The van der Waals surface area contributed by atoms with Crippen LogP contribution in [0, 0.1) is 0 Å². The number of halogens is 1. The van der Waals surface area contributed by atoms with Crippen LogP contribution >= 0.6 is 15.9 Å². The van der Waals surface area contributed by atoms with Crippen molar-refractivity contribution in [2.45, 2.75) is 19.9 Å². The van der Waals surface area contributed by atoms with Crippen LogP contribution in [0.3, 0.4) is 0 Å². The van der Waals surface area contributed by atoms with Gasteiger partial charge < -0.3 is 10.1 Å². The summed E-state index contributed by atoms with van der Waals surface area (Å²) in [6.07, 6.45) is 2.32. The average Bonchev–Trinajstić information content (AvgIpc) is 2.66. The Morgan fingerprint density at radius 3 is 2.65 bits per heavy atom. The van der Waals surface area contributed by atoms with Crippen LogP contribution in [0.4, 0.5) is 0 Å². The van der Waals surface area contributed by atoms with Gasteiger partial charge in [0.1, 0.15) is 5.75 Å². The fourth-order valence-corrected chi connectivity index (χ4v) is 2.41. The molecule has 0 saturated carbocycles. The molecule has 0 saturated heterocycles. The lowest BCUT2D eigenvalue weighted by Crippen LogP contribution is -2.37. The molecule has 26 heavy (non-hydrogen) atoms. The zero-order valence-corrected chi connectivity index (χ0v) is 16.0. The Labute approximate surface area is 160 Å². The van der Waals surface area contributed by atoms with E-state index in [0.29, 0.717) is 17.9 Å². The van der Waals surface area contributed by atoms with Gasteiger partial charge in [-0.2, -0.15) is 5.10 Å². The molecule has 0 unspecified atom stereocenters. The molecule has 0 aliphatic rings. The van der Waals surface area contributed by atoms with Gasteiger partial charge in [-0.05, 0) is 30.2 Å². The normalized spacial score (nSPS) is 10.5. The zero-order valence-electron chi connectivity index (χ0n) is 14.4. The summed E-state index contributed by atoms with van der Waals surface area (Å²) in [4.78, 5) is 23.6. The first kappa shape index (κ1) is 19.7. The van der Waals surface area contributed by atoms with Gasteiger partial charge in [0.2, 0.25) is 0 Å². The van der Waals surface area contributed by atoms with Crippen molar-refractivity contribution in [2.24, 2.45) is 5.10 Å². The maximum atomic E-state index is 11.8. The first-order valence-corrected chi connectivity index (χ1v) is 8.97. The van der Waals surface area contributed by atoms with Crippen LogP contribution in [0.5, 0.6) is 5.75 Å². The lowest BCUT2D eigenvalue weighted by molar-refractivity contribution is -0.139. The molecule has 0 radical (unpaired) electrons. The van der Waals surface area contributed by atoms with E-state index in [9.17, 15) is 9.59 Å². The maximum Gasteiger partial charge on any atom is 0.329 e. The number of carbonyl (C=O) groups is 2. The molecule has 0 aliphatic heterocycles. The minimum Gasteiger partial charge on any atom is -0.493 e. The van der Waals surface area contributed by atoms with Crippen molar-refractivity contribution < 1.29 is 14.3 Å². The van der Waals surface area contributed by atoms with E-state index in [2.05, 4.69) is 31.8 Å². The quantitative estimate of drug-likeness (QED) is 0.412. The molecule has 7 heteroatoms. The third kappa shape index (κ3) is 6.33. The second-order valence-electron chi connectivity index (χ2n) is 5.40. The summed E-state index contributed by atoms with van der Waals surface area (Å²) in [6.45, 7) is 2.87. The van der Waals surface area contributed by atoms with E-state index >= 15 is 0 Å². The van der Waals surface area contributed by atoms with Crippen LogP contribution in [0.15, 0.2) is 58.1 Å². The summed E-state index contributed by atoms with van der Waals surface area (Å²) in [5.74, 6) is -0.924. The smallest absolute Gasteiger partial charge is 0.329 e. The fourth-order valence-electron chi connectivity index (χ4n) is 2.03. The molecule has 2 aromatic carbocycles. The molecule has 2 N–H and O–H groups in total. The lowest BCUT2D eigenvalue weighted by atomic mass is 10.2. The van der Waals surface area contributed by atoms with Gasteiger partial charge in [-0.1, -0.05) is 53.2 Å². The number of rotatable bonds is 7. The van der Waals surface area contributed by atoms with Gasteiger partial charge >= 0.3 is 11.8 Å². The lowest BCUT2D eigenvalue weighted by Gasteiger charge is -2.08. The number of benzene rings is 2. The summed E-state index contributed by atoms with van der Waals surface area (Å²) in [7, 11) is 0. The number of hydrogen-bond donors (Lipinski definition) is 2. The summed E-state index contributed by atoms with van der Waals surface area (Å²) in [5, 5.41) is 6.38. The Balaban J connectivity index is 1.89. The highest BCUT2D eigenvalue weighted by Gasteiger charge is 2.12. The Kier molecular flexibility index (Phi) is 7.82. The second kappa shape index (κ2) is 10.4. The number of nitrogens with zero attached hydrogens (tertiary/aromatic N) is 1. The van der Waals surface area contributed by atoms with Crippen LogP contribution in [0.1, 0.15) is 24.5 Å². The topological polar surface area (TPSA) is 79.8 Å². The highest BCUT2D eigenvalue weighted by atomic mass is 79.9. The van der Waals surface area contributed by atoms with Gasteiger partial charge in [-0.3, -0.25) is 9.59 Å². The Hall–Kier alpha value is -2.67. The summed E-state index contributed by atoms with van der Waals surface area (Å²) >= 11 is 3.38. The number of ether oxygens (including phenoxy) is 1. The predicted molar refractivity (Wildman–Crippen MR) is 104 cm³/mol. The van der Waals surface area contributed by atoms with Crippen molar-refractivity contribution >= 4 is 34.0 Å². The van der Waals surface area contributed by atoms with E-state index in [0.717, 1.165) is 16.5 Å². The second-order valence-corrected chi connectivity index (χ2v) is 6.31. The minimum atomic E-state index is -0.830. The number of carbonyl (C=O) groups excluding carboxylic acids is 2. The Bertz CT molecular complexity index is 779. The SMILES string of the molecule is CCCOc1ccc(Br)cc1/C=N\NC(=O)C(=O)NCc1ccccc1. The van der Waals surface area contributed by atoms with Crippen LogP contribution in [0.25, 0.3) is 0 Å². The standard InChI is InChI=1S/C19H20BrN3O3/c1-2-10-26-17-9-8-16(20)11-15(17)13-22-23-19(25)18(24)21-12-14-6-4-3-5-7-14/h3-9,11,13H,2,10,12H2,1H3,(H,21,24)(H,23,25)/b22-13-. The number of amides is 2. The molecular formula is C19H20BrN3O3. The largest absolute Gasteiger partial charge is 0.493 e. The van der Waals surface area contributed by atoms with Gasteiger partial charge in [0.25, 0.3) is 0 Å². The van der Waals surface area contributed by atoms with Gasteiger partial charge in [0.05, 0.1) is 12.8 Å². The first-order chi connectivity index (χ1) is 12.6. The van der Waals surface area contributed by atoms with E-state index in [-0.39, 0.29) is 6.54 Å². The average molecular weight is 418 g/mol. The highest BCUT2D eigenvalue weighted by molar-refractivity contribution is 9.10. The van der Waals surface area contributed by atoms with E-state index in [1.807, 2.05) is 55.5 Å². The zero-order chi connectivity index (χ0) is 18.8. The number of hydrazone groups is 1. The third-order valence-corrected chi connectivity index (χ3v) is 3.80. The van der Waals surface area contributed by atoms with Crippen LogP contribution in [-0.2, 0) is 16.1 Å². The number of nitrogens with one attached hydrogen (secondary N) is 2. The molecule has 2 aromatic rings. The highest BCUT2D eigenvalue weighted by Crippen LogP contribution is 2.21. The molecule has 6 nitrogen and oxygen atoms in total. The number of hydrogen-bond acceptors (Lipinski definition) is 4. The van der Waals surface area contributed by atoms with Crippen LogP contribution < -0.4 is 15.5 Å². The molecule has 0 heterocycles. The molecule has 0 aromatic heterocycles. The van der Waals surface area contributed by atoms with Crippen molar-refractivity contribution in [1.82, 2.24) is 10.7 Å². The van der Waals surface area contributed by atoms with E-state index < -0.39 is 11.8 Å². The Morgan fingerprint density at radius 1 is 1.15 bits per heavy atom. The van der Waals surface area contributed by atoms with Gasteiger partial charge in [-0.25, -0.2) is 5.43 Å². The van der Waals surface area contributed by atoms with Gasteiger partial charge in [0, 0.05) is 16.6 Å². The molecule has 0 fully saturated rings. The molecule has 136 valence electrons. The molecule has 0 atom stereocenters. The summed E-state index contributed by atoms with van der Waals surface area (Å²) in [5.41, 5.74) is 3.82. The van der Waals surface area contributed by atoms with Crippen LogP contribution in [0.2, 0.25) is 0 Å². The van der Waals surface area contributed by atoms with Crippen LogP contribution in [-0.4, -0.2) is 24.6 Å². The molecule has 0 bridgehead atoms. The van der Waals surface area contributed by atoms with E-state index in [4.69, 9.17) is 4.74 Å². The monoisotopic (exact) mass is 417 g/mol. The molecule has 2 rings (SSSR count). The summed E-state index contributed by atoms with van der Waals surface area (Å²) in [6, 6.07) is 14.8. The van der Waals surface area contributed by atoms with E-state index in [1.165, 1.54) is 6.21 Å². The molecule has 0 aliphatic carbocycles. The molecule has 0 spiro atoms. The Morgan fingerprint density at radius 2 is 1.92 bits per heavy atom. The first-order valence-electron chi connectivity index (χ1n) is 8.17. The molecular weight excluding hydrogens is 398 g/mol. The molecule has 2 amide bonds.